The van der Waals surface area contributed by atoms with Gasteiger partial charge in [-0.2, -0.15) is 0 Å². The van der Waals surface area contributed by atoms with E-state index in [1.165, 1.54) is 0 Å². The first kappa shape index (κ1) is 15.9. The number of rotatable bonds is 3. The average molecular weight is 238 g/mol. The molecule has 0 unspecified atom stereocenters. The maximum Gasteiger partial charge on any atom is 0.334 e. The summed E-state index contributed by atoms with van der Waals surface area (Å²) < 4.78 is -0.204. The molecule has 0 atom stereocenters. The lowest BCUT2D eigenvalue weighted by Crippen LogP contribution is -2.50. The summed E-state index contributed by atoms with van der Waals surface area (Å²) in [7, 11) is 0. The van der Waals surface area contributed by atoms with Gasteiger partial charge in [-0.1, -0.05) is 20.8 Å². The predicted octanol–water partition coefficient (Wildman–Crippen LogP) is 3.98. The zero-order valence-electron chi connectivity index (χ0n) is 12.5. The first-order valence-electron chi connectivity index (χ1n) is 6.09. The van der Waals surface area contributed by atoms with Gasteiger partial charge in [0.05, 0.1) is 4.52 Å². The molecule has 0 rings (SSSR count). The molecule has 16 heavy (non-hydrogen) atoms. The lowest BCUT2D eigenvalue weighted by Gasteiger charge is -2.41. The van der Waals surface area contributed by atoms with Crippen molar-refractivity contribution in [3.63, 3.8) is 0 Å². The van der Waals surface area contributed by atoms with Crippen molar-refractivity contribution < 1.29 is 0 Å². The Morgan fingerprint density at radius 3 is 1.25 bits per heavy atom. The molecule has 0 spiro atoms. The van der Waals surface area contributed by atoms with Crippen LogP contribution in [0.15, 0.2) is 9.98 Å². The fourth-order valence-electron chi connectivity index (χ4n) is 2.17. The Hall–Kier alpha value is -0.128. The summed E-state index contributed by atoms with van der Waals surface area (Å²) in [6.07, 6.45) is 0. The van der Waals surface area contributed by atoms with Crippen molar-refractivity contribution in [2.24, 2.45) is 15.4 Å². The molecule has 92 valence electrons. The minimum absolute atomic E-state index is 0.0852. The first-order chi connectivity index (χ1) is 7.03. The second kappa shape index (κ2) is 5.47. The van der Waals surface area contributed by atoms with Crippen LogP contribution < -0.4 is 0 Å². The third-order valence-corrected chi connectivity index (χ3v) is 5.43. The second-order valence-corrected chi connectivity index (χ2v) is 9.36. The van der Waals surface area contributed by atoms with Gasteiger partial charge in [0.1, 0.15) is 0 Å². The minimum Gasteiger partial charge on any atom is -0.281 e. The van der Waals surface area contributed by atoms with Crippen LogP contribution >= 0.6 is 0 Å². The number of aliphatic imine (C=N–C) groups is 2. The maximum atomic E-state index is 4.91. The number of hydrogen-bond acceptors (Lipinski definition) is 2. The molecule has 0 aliphatic carbocycles. The van der Waals surface area contributed by atoms with Crippen molar-refractivity contribution in [2.75, 3.05) is 0 Å². The van der Waals surface area contributed by atoms with Crippen LogP contribution in [0.4, 0.5) is 0 Å². The van der Waals surface area contributed by atoms with Crippen LogP contribution in [0.25, 0.3) is 0 Å². The summed E-state index contributed by atoms with van der Waals surface area (Å²) in [5.41, 5.74) is 2.34. The van der Waals surface area contributed by atoms with Crippen LogP contribution in [0.2, 0.25) is 11.6 Å². The van der Waals surface area contributed by atoms with Crippen molar-refractivity contribution in [3.8, 4) is 0 Å². The van der Waals surface area contributed by atoms with Crippen molar-refractivity contribution in [2.45, 2.75) is 64.6 Å². The minimum atomic E-state index is -1.03. The van der Waals surface area contributed by atoms with E-state index in [0.29, 0.717) is 0 Å². The highest BCUT2D eigenvalue weighted by Crippen LogP contribution is 2.38. The quantitative estimate of drug-likeness (QED) is 0.525. The Balaban J connectivity index is 5.81. The summed E-state index contributed by atoms with van der Waals surface area (Å²) >= 11 is -1.03. The monoisotopic (exact) mass is 238 g/mol. The van der Waals surface area contributed by atoms with Crippen molar-refractivity contribution in [1.29, 1.82) is 0 Å². The van der Waals surface area contributed by atoms with Gasteiger partial charge in [0, 0.05) is 11.4 Å². The van der Waals surface area contributed by atoms with E-state index in [2.05, 4.69) is 60.0 Å². The average Bonchev–Trinajstić information content (AvgIpc) is 1.97. The van der Waals surface area contributed by atoms with E-state index in [4.69, 9.17) is 9.98 Å². The predicted molar refractivity (Wildman–Crippen MR) is 77.2 cm³/mol. The Labute approximate surface area is 106 Å². The van der Waals surface area contributed by atoms with Gasteiger partial charge in [-0.25, -0.2) is 0 Å². The fraction of sp³-hybridized carbons (Fsp3) is 0.846. The highest BCUT2D eigenvalue weighted by atomic mass is 27.2. The third kappa shape index (κ3) is 3.72. The lowest BCUT2D eigenvalue weighted by molar-refractivity contribution is 0.281. The smallest absolute Gasteiger partial charge is 0.281 e. The van der Waals surface area contributed by atoms with Crippen LogP contribution in [0.1, 0.15) is 48.5 Å². The molecule has 0 amide bonds. The van der Waals surface area contributed by atoms with Crippen LogP contribution in [-0.4, -0.2) is 30.1 Å². The number of hydrogen-bond donors (Lipinski definition) is 0. The zero-order chi connectivity index (χ0) is 13.1. The molecule has 0 saturated heterocycles. The highest BCUT2D eigenvalue weighted by molar-refractivity contribution is 6.60. The van der Waals surface area contributed by atoms with E-state index in [9.17, 15) is 0 Å². The van der Waals surface area contributed by atoms with E-state index < -0.39 is 14.1 Å². The molecular formula is C13H27AlN2. The molecule has 0 heterocycles. The Morgan fingerprint density at radius 2 is 1.12 bits per heavy atom. The second-order valence-electron chi connectivity index (χ2n) is 6.25. The largest absolute Gasteiger partial charge is 0.334 e. The summed E-state index contributed by atoms with van der Waals surface area (Å²) in [4.78, 5) is 9.82. The van der Waals surface area contributed by atoms with Crippen molar-refractivity contribution >= 4 is 25.6 Å². The Morgan fingerprint density at radius 1 is 0.812 bits per heavy atom. The molecule has 3 heteroatoms. The molecule has 0 aromatic carbocycles. The van der Waals surface area contributed by atoms with Gasteiger partial charge in [-0.3, -0.25) is 9.98 Å². The van der Waals surface area contributed by atoms with Crippen LogP contribution in [0.5, 0.6) is 0 Å². The summed E-state index contributed by atoms with van der Waals surface area (Å²) in [5.74, 6) is 4.67. The van der Waals surface area contributed by atoms with Gasteiger partial charge >= 0.3 is 14.1 Å². The zero-order valence-corrected chi connectivity index (χ0v) is 13.6. The maximum absolute atomic E-state index is 4.91. The Bertz CT molecular complexity index is 270. The molecule has 0 aromatic heterocycles. The molecule has 0 saturated carbocycles. The molecule has 0 aromatic rings. The van der Waals surface area contributed by atoms with Gasteiger partial charge in [0.15, 0.2) is 0 Å². The van der Waals surface area contributed by atoms with Gasteiger partial charge in [-0.15, -0.1) is 11.6 Å². The number of nitrogens with zero attached hydrogens (tertiary/aromatic N) is 2. The molecule has 0 aliphatic heterocycles. The summed E-state index contributed by atoms with van der Waals surface area (Å²) in [6, 6.07) is 0. The van der Waals surface area contributed by atoms with Crippen LogP contribution in [-0.2, 0) is 0 Å². The van der Waals surface area contributed by atoms with Crippen molar-refractivity contribution in [3.05, 3.63) is 0 Å². The van der Waals surface area contributed by atoms with Crippen LogP contribution in [0.3, 0.4) is 0 Å². The summed E-state index contributed by atoms with van der Waals surface area (Å²) in [5, 5.41) is 0. The summed E-state index contributed by atoms with van der Waals surface area (Å²) in [6.45, 7) is 15.0. The van der Waals surface area contributed by atoms with E-state index in [-0.39, 0.29) is 9.94 Å². The van der Waals surface area contributed by atoms with E-state index >= 15 is 0 Å². The topological polar surface area (TPSA) is 24.7 Å². The standard InChI is InChI=1S/C11H21N2.2CH3.Al/c1-8(2)12-10(11(5,6)7)13-9(3)4;;;/h1-7H3;2*1H3;. The van der Waals surface area contributed by atoms with Gasteiger partial charge in [0.25, 0.3) is 0 Å². The van der Waals surface area contributed by atoms with E-state index in [1.54, 1.807) is 0 Å². The molecule has 0 fully saturated rings. The first-order valence-corrected chi connectivity index (χ1v) is 8.97. The Kier molecular flexibility index (Phi) is 5.43. The normalized spacial score (nSPS) is 12.1. The van der Waals surface area contributed by atoms with E-state index in [0.717, 1.165) is 11.4 Å². The van der Waals surface area contributed by atoms with Gasteiger partial charge in [-0.05, 0) is 33.1 Å². The van der Waals surface area contributed by atoms with E-state index in [1.807, 2.05) is 0 Å². The van der Waals surface area contributed by atoms with Gasteiger partial charge < -0.3 is 0 Å². The van der Waals surface area contributed by atoms with Crippen molar-refractivity contribution in [1.82, 2.24) is 0 Å². The molecule has 0 aliphatic rings. The van der Waals surface area contributed by atoms with Crippen LogP contribution in [0, 0.1) is 5.41 Å². The molecular weight excluding hydrogens is 211 g/mol. The lowest BCUT2D eigenvalue weighted by atomic mass is 9.91. The molecule has 0 N–H and O–H groups in total. The SMILES string of the molecule is CC(C)=N[C](N=C(C)C)([Al]([CH3])[CH3])C(C)(C)C. The highest BCUT2D eigenvalue weighted by Gasteiger charge is 2.46. The molecule has 0 bridgehead atoms. The fourth-order valence-corrected chi connectivity index (χ4v) is 4.93. The third-order valence-electron chi connectivity index (χ3n) is 2.70. The van der Waals surface area contributed by atoms with Gasteiger partial charge in [0.2, 0.25) is 0 Å². The molecule has 2 nitrogen and oxygen atoms in total. The molecule has 0 radical (unpaired) electrons.